The highest BCUT2D eigenvalue weighted by Crippen LogP contribution is 2.15. The van der Waals surface area contributed by atoms with Crippen LogP contribution in [0.15, 0.2) is 0 Å². The smallest absolute Gasteiger partial charge is 0.0218 e. The van der Waals surface area contributed by atoms with Crippen LogP contribution >= 0.6 is 0 Å². The molecule has 3 atom stereocenters. The Morgan fingerprint density at radius 1 is 1.47 bits per heavy atom. The van der Waals surface area contributed by atoms with Gasteiger partial charge in [-0.3, -0.25) is 0 Å². The molecule has 90 valence electrons. The lowest BCUT2D eigenvalue weighted by Crippen LogP contribution is -2.48. The average molecular weight is 212 g/mol. The normalized spacial score (nSPS) is 29.0. The topological polar surface area (TPSA) is 24.1 Å². The minimum atomic E-state index is 0.681. The Morgan fingerprint density at radius 3 is 2.93 bits per heavy atom. The van der Waals surface area contributed by atoms with Gasteiger partial charge in [0.1, 0.15) is 0 Å². The predicted octanol–water partition coefficient (Wildman–Crippen LogP) is 2.54. The number of nitrogens with one attached hydrogen (secondary N) is 2. The van der Waals surface area contributed by atoms with E-state index in [9.17, 15) is 0 Å². The molecular weight excluding hydrogens is 184 g/mol. The van der Waals surface area contributed by atoms with Gasteiger partial charge in [0.25, 0.3) is 0 Å². The molecule has 0 saturated carbocycles. The summed E-state index contributed by atoms with van der Waals surface area (Å²) in [7, 11) is 0. The van der Waals surface area contributed by atoms with Crippen molar-refractivity contribution in [3.63, 3.8) is 0 Å². The van der Waals surface area contributed by atoms with Crippen LogP contribution in [-0.4, -0.2) is 25.2 Å². The lowest BCUT2D eigenvalue weighted by atomic mass is 9.92. The Bertz CT molecular complexity index is 159. The van der Waals surface area contributed by atoms with Gasteiger partial charge in [-0.1, -0.05) is 26.7 Å². The molecule has 1 aliphatic heterocycles. The number of rotatable bonds is 6. The van der Waals surface area contributed by atoms with Crippen LogP contribution in [0.5, 0.6) is 0 Å². The number of hydrogen-bond donors (Lipinski definition) is 2. The molecule has 0 spiro atoms. The van der Waals surface area contributed by atoms with Gasteiger partial charge in [0.2, 0.25) is 0 Å². The largest absolute Gasteiger partial charge is 0.313 e. The molecule has 0 bridgehead atoms. The zero-order valence-electron chi connectivity index (χ0n) is 10.7. The lowest BCUT2D eigenvalue weighted by Gasteiger charge is -2.31. The molecule has 0 aromatic rings. The molecule has 2 heteroatoms. The fraction of sp³-hybridized carbons (Fsp3) is 1.00. The maximum atomic E-state index is 3.66. The third kappa shape index (κ3) is 4.98. The van der Waals surface area contributed by atoms with E-state index in [-0.39, 0.29) is 0 Å². The highest BCUT2D eigenvalue weighted by atomic mass is 15.0. The highest BCUT2D eigenvalue weighted by Gasteiger charge is 2.20. The Labute approximate surface area is 95.2 Å². The van der Waals surface area contributed by atoms with Crippen LogP contribution in [-0.2, 0) is 0 Å². The molecular formula is C13H28N2. The minimum absolute atomic E-state index is 0.681. The first kappa shape index (κ1) is 13.0. The zero-order valence-corrected chi connectivity index (χ0v) is 10.7. The van der Waals surface area contributed by atoms with Crippen molar-refractivity contribution in [1.29, 1.82) is 0 Å². The van der Waals surface area contributed by atoms with Gasteiger partial charge in [-0.25, -0.2) is 0 Å². The van der Waals surface area contributed by atoms with Crippen molar-refractivity contribution >= 4 is 0 Å². The van der Waals surface area contributed by atoms with E-state index in [0.717, 1.165) is 12.5 Å². The molecule has 1 heterocycles. The van der Waals surface area contributed by atoms with Crippen LogP contribution in [0.2, 0.25) is 0 Å². The van der Waals surface area contributed by atoms with Crippen molar-refractivity contribution in [2.75, 3.05) is 13.1 Å². The van der Waals surface area contributed by atoms with E-state index in [0.29, 0.717) is 12.1 Å². The Hall–Kier alpha value is -0.0800. The van der Waals surface area contributed by atoms with E-state index >= 15 is 0 Å². The van der Waals surface area contributed by atoms with Crippen LogP contribution in [0.1, 0.15) is 52.9 Å². The fourth-order valence-electron chi connectivity index (χ4n) is 2.33. The van der Waals surface area contributed by atoms with Gasteiger partial charge in [-0.05, 0) is 38.6 Å². The van der Waals surface area contributed by atoms with Crippen molar-refractivity contribution in [2.45, 2.75) is 65.0 Å². The third-order valence-corrected chi connectivity index (χ3v) is 3.61. The van der Waals surface area contributed by atoms with E-state index in [2.05, 4.69) is 31.4 Å². The van der Waals surface area contributed by atoms with Gasteiger partial charge in [-0.15, -0.1) is 0 Å². The second-order valence-electron chi connectivity index (χ2n) is 5.13. The molecule has 1 saturated heterocycles. The first-order valence-electron chi connectivity index (χ1n) is 6.70. The molecule has 1 rings (SSSR count). The first-order chi connectivity index (χ1) is 7.24. The van der Waals surface area contributed by atoms with Crippen molar-refractivity contribution < 1.29 is 0 Å². The molecule has 2 nitrogen and oxygen atoms in total. The van der Waals surface area contributed by atoms with Gasteiger partial charge in [0.05, 0.1) is 0 Å². The van der Waals surface area contributed by atoms with Gasteiger partial charge < -0.3 is 10.6 Å². The number of hydrogen-bond acceptors (Lipinski definition) is 2. The standard InChI is InChI=1S/C13H28N2/c1-4-5-8-12(3)15-10-13-11(2)7-6-9-14-13/h11-15H,4-10H2,1-3H3. The van der Waals surface area contributed by atoms with E-state index < -0.39 is 0 Å². The molecule has 0 aromatic carbocycles. The summed E-state index contributed by atoms with van der Waals surface area (Å²) in [6.45, 7) is 9.29. The monoisotopic (exact) mass is 212 g/mol. The summed E-state index contributed by atoms with van der Waals surface area (Å²) in [5.74, 6) is 0.838. The van der Waals surface area contributed by atoms with Crippen LogP contribution < -0.4 is 10.6 Å². The Kier molecular flexibility index (Phi) is 6.26. The zero-order chi connectivity index (χ0) is 11.1. The summed E-state index contributed by atoms with van der Waals surface area (Å²) in [5, 5.41) is 7.27. The second kappa shape index (κ2) is 7.24. The summed E-state index contributed by atoms with van der Waals surface area (Å²) in [5.41, 5.74) is 0. The maximum Gasteiger partial charge on any atom is 0.0218 e. The molecule has 15 heavy (non-hydrogen) atoms. The maximum absolute atomic E-state index is 3.66. The van der Waals surface area contributed by atoms with Crippen LogP contribution in [0.4, 0.5) is 0 Å². The quantitative estimate of drug-likeness (QED) is 0.707. The SMILES string of the molecule is CCCCC(C)NCC1NCCCC1C. The molecule has 0 amide bonds. The van der Waals surface area contributed by atoms with E-state index in [1.807, 2.05) is 0 Å². The second-order valence-corrected chi connectivity index (χ2v) is 5.13. The van der Waals surface area contributed by atoms with Gasteiger partial charge in [-0.2, -0.15) is 0 Å². The van der Waals surface area contributed by atoms with E-state index in [4.69, 9.17) is 0 Å². The van der Waals surface area contributed by atoms with Crippen LogP contribution in [0.25, 0.3) is 0 Å². The molecule has 0 aliphatic carbocycles. The number of unbranched alkanes of at least 4 members (excludes halogenated alkanes) is 1. The van der Waals surface area contributed by atoms with Crippen molar-refractivity contribution in [3.8, 4) is 0 Å². The average Bonchev–Trinajstić information content (AvgIpc) is 2.25. The molecule has 1 fully saturated rings. The lowest BCUT2D eigenvalue weighted by molar-refractivity contribution is 0.281. The highest BCUT2D eigenvalue weighted by molar-refractivity contribution is 4.81. The fourth-order valence-corrected chi connectivity index (χ4v) is 2.33. The molecule has 0 radical (unpaired) electrons. The van der Waals surface area contributed by atoms with Crippen molar-refractivity contribution in [1.82, 2.24) is 10.6 Å². The predicted molar refractivity (Wildman–Crippen MR) is 67.2 cm³/mol. The summed E-state index contributed by atoms with van der Waals surface area (Å²) in [6.07, 6.45) is 6.72. The molecule has 2 N–H and O–H groups in total. The molecule has 1 aliphatic rings. The molecule has 0 aromatic heterocycles. The number of piperidine rings is 1. The van der Waals surface area contributed by atoms with Crippen LogP contribution in [0, 0.1) is 5.92 Å². The van der Waals surface area contributed by atoms with Crippen LogP contribution in [0.3, 0.4) is 0 Å². The van der Waals surface area contributed by atoms with Crippen molar-refractivity contribution in [2.24, 2.45) is 5.92 Å². The van der Waals surface area contributed by atoms with Gasteiger partial charge in [0.15, 0.2) is 0 Å². The van der Waals surface area contributed by atoms with Crippen molar-refractivity contribution in [3.05, 3.63) is 0 Å². The molecule has 3 unspecified atom stereocenters. The Morgan fingerprint density at radius 2 is 2.27 bits per heavy atom. The van der Waals surface area contributed by atoms with E-state index in [1.165, 1.54) is 38.6 Å². The first-order valence-corrected chi connectivity index (χ1v) is 6.70. The Balaban J connectivity index is 2.11. The van der Waals surface area contributed by atoms with E-state index in [1.54, 1.807) is 0 Å². The summed E-state index contributed by atoms with van der Waals surface area (Å²) in [6, 6.07) is 1.38. The summed E-state index contributed by atoms with van der Waals surface area (Å²) in [4.78, 5) is 0. The summed E-state index contributed by atoms with van der Waals surface area (Å²) >= 11 is 0. The summed E-state index contributed by atoms with van der Waals surface area (Å²) < 4.78 is 0. The minimum Gasteiger partial charge on any atom is -0.313 e. The third-order valence-electron chi connectivity index (χ3n) is 3.61. The van der Waals surface area contributed by atoms with Gasteiger partial charge in [0, 0.05) is 18.6 Å². The van der Waals surface area contributed by atoms with Gasteiger partial charge >= 0.3 is 0 Å².